The summed E-state index contributed by atoms with van der Waals surface area (Å²) in [6.45, 7) is 1.92. The average Bonchev–Trinajstić information content (AvgIpc) is 1.89. The Morgan fingerprint density at radius 1 is 1.70 bits per heavy atom. The van der Waals surface area contributed by atoms with Crippen LogP contribution in [0.4, 0.5) is 4.79 Å². The summed E-state index contributed by atoms with van der Waals surface area (Å²) in [7, 11) is 0. The van der Waals surface area contributed by atoms with Gasteiger partial charge in [0.2, 0.25) is 0 Å². The summed E-state index contributed by atoms with van der Waals surface area (Å²) < 4.78 is 4.43. The number of nitrogens with one attached hydrogen (secondary N) is 1. The van der Waals surface area contributed by atoms with E-state index in [1.165, 1.54) is 0 Å². The Morgan fingerprint density at radius 3 is 2.90 bits per heavy atom. The van der Waals surface area contributed by atoms with Crippen molar-refractivity contribution in [3.05, 3.63) is 0 Å². The Hall–Kier alpha value is -0.810. The lowest BCUT2D eigenvalue weighted by Crippen LogP contribution is -2.25. The number of hydroxylamine groups is 1. The number of carbonyl (C=O) groups excluding carboxylic acids is 1. The van der Waals surface area contributed by atoms with Crippen LogP contribution in [-0.4, -0.2) is 31.0 Å². The number of aliphatic hydroxyl groups is 1. The first-order valence-corrected chi connectivity index (χ1v) is 2.96. The third kappa shape index (κ3) is 5.33. The number of aliphatic hydroxyl groups excluding tert-OH is 1. The highest BCUT2D eigenvalue weighted by Gasteiger charge is 1.96. The zero-order chi connectivity index (χ0) is 7.82. The van der Waals surface area contributed by atoms with Gasteiger partial charge in [-0.25, -0.2) is 4.79 Å². The molecule has 0 atom stereocenters. The van der Waals surface area contributed by atoms with Crippen LogP contribution in [0.2, 0.25) is 0 Å². The van der Waals surface area contributed by atoms with Crippen molar-refractivity contribution in [1.29, 1.82) is 0 Å². The van der Waals surface area contributed by atoms with Gasteiger partial charge in [-0.05, 0) is 6.92 Å². The summed E-state index contributed by atoms with van der Waals surface area (Å²) in [5, 5.41) is 8.19. The second-order valence-corrected chi connectivity index (χ2v) is 1.39. The monoisotopic (exact) mass is 149 g/mol. The Balaban J connectivity index is 3.05. The first-order valence-electron chi connectivity index (χ1n) is 2.96. The average molecular weight is 149 g/mol. The maximum Gasteiger partial charge on any atom is 0.431 e. The molecule has 0 aromatic carbocycles. The molecule has 0 saturated heterocycles. The molecule has 60 valence electrons. The van der Waals surface area contributed by atoms with Crippen LogP contribution < -0.4 is 5.48 Å². The molecule has 0 aromatic heterocycles. The van der Waals surface area contributed by atoms with Crippen LogP contribution in [0.1, 0.15) is 6.92 Å². The van der Waals surface area contributed by atoms with Crippen molar-refractivity contribution in [2.24, 2.45) is 0 Å². The van der Waals surface area contributed by atoms with Crippen molar-refractivity contribution in [3.8, 4) is 0 Å². The Labute approximate surface area is 58.9 Å². The minimum absolute atomic E-state index is 0.0683. The highest BCUT2D eigenvalue weighted by molar-refractivity contribution is 5.65. The SMILES string of the molecule is CCOC(=O)NOCCO. The number of hydrogen-bond donors (Lipinski definition) is 2. The highest BCUT2D eigenvalue weighted by atomic mass is 16.7. The van der Waals surface area contributed by atoms with E-state index in [0.717, 1.165) is 0 Å². The smallest absolute Gasteiger partial charge is 0.431 e. The molecule has 0 saturated carbocycles. The predicted molar refractivity (Wildman–Crippen MR) is 33.2 cm³/mol. The van der Waals surface area contributed by atoms with Crippen molar-refractivity contribution in [3.63, 3.8) is 0 Å². The van der Waals surface area contributed by atoms with Crippen molar-refractivity contribution >= 4 is 6.09 Å². The minimum Gasteiger partial charge on any atom is -0.448 e. The molecule has 5 heteroatoms. The van der Waals surface area contributed by atoms with Gasteiger partial charge >= 0.3 is 6.09 Å². The molecule has 0 radical (unpaired) electrons. The van der Waals surface area contributed by atoms with Crippen LogP contribution in [0.5, 0.6) is 0 Å². The lowest BCUT2D eigenvalue weighted by molar-refractivity contribution is 0.0127. The molecule has 5 nitrogen and oxygen atoms in total. The van der Waals surface area contributed by atoms with Gasteiger partial charge in [0.05, 0.1) is 19.8 Å². The first-order chi connectivity index (χ1) is 4.81. The van der Waals surface area contributed by atoms with Crippen molar-refractivity contribution in [1.82, 2.24) is 5.48 Å². The maximum atomic E-state index is 10.4. The van der Waals surface area contributed by atoms with Gasteiger partial charge in [-0.3, -0.25) is 4.84 Å². The zero-order valence-electron chi connectivity index (χ0n) is 5.79. The lowest BCUT2D eigenvalue weighted by Gasteiger charge is -2.02. The van der Waals surface area contributed by atoms with E-state index in [0.29, 0.717) is 6.61 Å². The molecule has 0 heterocycles. The van der Waals surface area contributed by atoms with E-state index in [-0.39, 0.29) is 13.2 Å². The summed E-state index contributed by atoms with van der Waals surface area (Å²) in [6, 6.07) is 0. The van der Waals surface area contributed by atoms with Gasteiger partial charge in [0.1, 0.15) is 0 Å². The van der Waals surface area contributed by atoms with Gasteiger partial charge in [-0.15, -0.1) is 0 Å². The predicted octanol–water partition coefficient (Wildman–Crippen LogP) is -0.344. The number of amides is 1. The van der Waals surface area contributed by atoms with Crippen molar-refractivity contribution < 1.29 is 19.5 Å². The number of carbonyl (C=O) groups is 1. The van der Waals surface area contributed by atoms with Gasteiger partial charge in [-0.2, -0.15) is 5.48 Å². The summed E-state index contributed by atoms with van der Waals surface area (Å²) in [4.78, 5) is 14.8. The zero-order valence-corrected chi connectivity index (χ0v) is 5.79. The van der Waals surface area contributed by atoms with E-state index in [9.17, 15) is 4.79 Å². The molecule has 1 amide bonds. The van der Waals surface area contributed by atoms with Gasteiger partial charge in [0.25, 0.3) is 0 Å². The first kappa shape index (κ1) is 9.19. The summed E-state index contributed by atoms with van der Waals surface area (Å²) >= 11 is 0. The fourth-order valence-corrected chi connectivity index (χ4v) is 0.316. The fourth-order valence-electron chi connectivity index (χ4n) is 0.316. The molecule has 0 unspecified atom stereocenters. The van der Waals surface area contributed by atoms with Crippen LogP contribution in [0.15, 0.2) is 0 Å². The number of hydrogen-bond acceptors (Lipinski definition) is 4. The third-order valence-electron chi connectivity index (χ3n) is 0.624. The van der Waals surface area contributed by atoms with E-state index >= 15 is 0 Å². The van der Waals surface area contributed by atoms with Crippen molar-refractivity contribution in [2.45, 2.75) is 6.92 Å². The van der Waals surface area contributed by atoms with E-state index < -0.39 is 6.09 Å². The molecule has 0 aromatic rings. The molecule has 0 aliphatic carbocycles. The molecule has 2 N–H and O–H groups in total. The molecule has 0 spiro atoms. The standard InChI is InChI=1S/C5H11NO4/c1-2-9-5(8)6-10-4-3-7/h7H,2-4H2,1H3,(H,6,8). The van der Waals surface area contributed by atoms with Crippen LogP contribution in [0.25, 0.3) is 0 Å². The highest BCUT2D eigenvalue weighted by Crippen LogP contribution is 1.75. The molecule has 0 aliphatic rings. The normalized spacial score (nSPS) is 9.00. The largest absolute Gasteiger partial charge is 0.448 e. The number of ether oxygens (including phenoxy) is 1. The summed E-state index contributed by atoms with van der Waals surface area (Å²) in [5.41, 5.74) is 1.96. The molecular formula is C5H11NO4. The Morgan fingerprint density at radius 2 is 2.40 bits per heavy atom. The minimum atomic E-state index is -0.643. The molecule has 0 aliphatic heterocycles. The Kier molecular flexibility index (Phi) is 5.80. The van der Waals surface area contributed by atoms with Gasteiger partial charge in [-0.1, -0.05) is 0 Å². The van der Waals surface area contributed by atoms with Crippen LogP contribution >= 0.6 is 0 Å². The van der Waals surface area contributed by atoms with Crippen LogP contribution in [0, 0.1) is 0 Å². The molecular weight excluding hydrogens is 138 g/mol. The quantitative estimate of drug-likeness (QED) is 0.423. The van der Waals surface area contributed by atoms with E-state index in [4.69, 9.17) is 5.11 Å². The fraction of sp³-hybridized carbons (Fsp3) is 0.800. The molecule has 0 fully saturated rings. The topological polar surface area (TPSA) is 67.8 Å². The van der Waals surface area contributed by atoms with Crippen LogP contribution in [-0.2, 0) is 9.57 Å². The maximum absolute atomic E-state index is 10.4. The van der Waals surface area contributed by atoms with Gasteiger partial charge in [0, 0.05) is 0 Å². The van der Waals surface area contributed by atoms with Gasteiger partial charge in [0.15, 0.2) is 0 Å². The molecule has 0 bridgehead atoms. The lowest BCUT2D eigenvalue weighted by atomic mass is 10.8. The summed E-state index contributed by atoms with van der Waals surface area (Å²) in [6.07, 6.45) is -0.643. The van der Waals surface area contributed by atoms with Crippen molar-refractivity contribution in [2.75, 3.05) is 19.8 Å². The molecule has 0 rings (SSSR count). The Bertz CT molecular complexity index is 95.6. The van der Waals surface area contributed by atoms with E-state index in [1.54, 1.807) is 6.92 Å². The third-order valence-corrected chi connectivity index (χ3v) is 0.624. The van der Waals surface area contributed by atoms with E-state index in [1.807, 2.05) is 5.48 Å². The van der Waals surface area contributed by atoms with E-state index in [2.05, 4.69) is 9.57 Å². The summed E-state index contributed by atoms with van der Waals surface area (Å²) in [5.74, 6) is 0. The second-order valence-electron chi connectivity index (χ2n) is 1.39. The van der Waals surface area contributed by atoms with Gasteiger partial charge < -0.3 is 9.84 Å². The molecule has 10 heavy (non-hydrogen) atoms. The second kappa shape index (κ2) is 6.31. The van der Waals surface area contributed by atoms with Crippen LogP contribution in [0.3, 0.4) is 0 Å². The number of rotatable bonds is 4.